The SMILES string of the molecule is COC(=O)Cc1csc(NC(=O)C(C)NC(=O)c2ccco2)n1. The van der Waals surface area contributed by atoms with E-state index in [1.807, 2.05) is 0 Å². The molecule has 2 aromatic heterocycles. The number of carbonyl (C=O) groups excluding carboxylic acids is 3. The molecule has 0 aliphatic carbocycles. The third-order valence-electron chi connectivity index (χ3n) is 2.82. The van der Waals surface area contributed by atoms with E-state index in [0.29, 0.717) is 10.8 Å². The van der Waals surface area contributed by atoms with Gasteiger partial charge in [-0.15, -0.1) is 11.3 Å². The van der Waals surface area contributed by atoms with E-state index in [0.717, 1.165) is 0 Å². The summed E-state index contributed by atoms with van der Waals surface area (Å²) in [6.07, 6.45) is 1.41. The van der Waals surface area contributed by atoms with E-state index in [9.17, 15) is 14.4 Å². The van der Waals surface area contributed by atoms with E-state index in [-0.39, 0.29) is 12.2 Å². The minimum atomic E-state index is -0.777. The number of aromatic nitrogens is 1. The van der Waals surface area contributed by atoms with Crippen molar-refractivity contribution in [3.05, 3.63) is 35.2 Å². The van der Waals surface area contributed by atoms with Gasteiger partial charge in [-0.2, -0.15) is 0 Å². The van der Waals surface area contributed by atoms with Gasteiger partial charge in [-0.1, -0.05) is 0 Å². The summed E-state index contributed by atoms with van der Waals surface area (Å²) in [5, 5.41) is 7.08. The van der Waals surface area contributed by atoms with Gasteiger partial charge in [0.15, 0.2) is 10.9 Å². The number of methoxy groups -OCH3 is 1. The Morgan fingerprint density at radius 3 is 2.87 bits per heavy atom. The summed E-state index contributed by atoms with van der Waals surface area (Å²) < 4.78 is 9.49. The van der Waals surface area contributed by atoms with Crippen LogP contribution < -0.4 is 10.6 Å². The molecule has 2 amide bonds. The van der Waals surface area contributed by atoms with Crippen molar-refractivity contribution in [2.45, 2.75) is 19.4 Å². The molecule has 0 fully saturated rings. The number of hydrogen-bond donors (Lipinski definition) is 2. The predicted octanol–water partition coefficient (Wildman–Crippen LogP) is 1.21. The second-order valence-electron chi connectivity index (χ2n) is 4.56. The number of ether oxygens (including phenoxy) is 1. The lowest BCUT2D eigenvalue weighted by Gasteiger charge is -2.11. The molecular weight excluding hydrogens is 322 g/mol. The van der Waals surface area contributed by atoms with Gasteiger partial charge in [-0.3, -0.25) is 14.4 Å². The van der Waals surface area contributed by atoms with Crippen LogP contribution >= 0.6 is 11.3 Å². The van der Waals surface area contributed by atoms with E-state index in [2.05, 4.69) is 20.4 Å². The highest BCUT2D eigenvalue weighted by molar-refractivity contribution is 7.13. The summed E-state index contributed by atoms with van der Waals surface area (Å²) in [6, 6.07) is 2.30. The molecule has 122 valence electrons. The van der Waals surface area contributed by atoms with Crippen molar-refractivity contribution in [2.75, 3.05) is 12.4 Å². The molecule has 0 saturated heterocycles. The molecule has 0 aliphatic heterocycles. The van der Waals surface area contributed by atoms with Crippen LogP contribution in [0.5, 0.6) is 0 Å². The summed E-state index contributed by atoms with van der Waals surface area (Å²) >= 11 is 1.18. The third-order valence-corrected chi connectivity index (χ3v) is 3.63. The normalized spacial score (nSPS) is 11.6. The molecule has 8 nitrogen and oxygen atoms in total. The topological polar surface area (TPSA) is 111 Å². The highest BCUT2D eigenvalue weighted by Crippen LogP contribution is 2.16. The lowest BCUT2D eigenvalue weighted by Crippen LogP contribution is -2.41. The smallest absolute Gasteiger partial charge is 0.311 e. The van der Waals surface area contributed by atoms with Crippen LogP contribution in [0.25, 0.3) is 0 Å². The van der Waals surface area contributed by atoms with Crippen LogP contribution in [-0.2, 0) is 20.7 Å². The minimum absolute atomic E-state index is 0.0354. The van der Waals surface area contributed by atoms with E-state index in [1.165, 1.54) is 30.8 Å². The van der Waals surface area contributed by atoms with E-state index in [4.69, 9.17) is 4.42 Å². The van der Waals surface area contributed by atoms with Crippen molar-refractivity contribution in [1.29, 1.82) is 0 Å². The molecule has 2 N–H and O–H groups in total. The van der Waals surface area contributed by atoms with Crippen LogP contribution in [0.1, 0.15) is 23.2 Å². The number of nitrogens with one attached hydrogen (secondary N) is 2. The number of esters is 1. The van der Waals surface area contributed by atoms with Crippen LogP contribution in [-0.4, -0.2) is 35.9 Å². The number of carbonyl (C=O) groups is 3. The van der Waals surface area contributed by atoms with Crippen molar-refractivity contribution >= 4 is 34.3 Å². The van der Waals surface area contributed by atoms with Gasteiger partial charge in [0.2, 0.25) is 5.91 Å². The first kappa shape index (κ1) is 16.7. The lowest BCUT2D eigenvalue weighted by molar-refractivity contribution is -0.139. The van der Waals surface area contributed by atoms with Crippen molar-refractivity contribution in [3.63, 3.8) is 0 Å². The number of nitrogens with zero attached hydrogens (tertiary/aromatic N) is 1. The fraction of sp³-hybridized carbons (Fsp3) is 0.286. The van der Waals surface area contributed by atoms with Crippen LogP contribution in [0.4, 0.5) is 5.13 Å². The Morgan fingerprint density at radius 2 is 2.22 bits per heavy atom. The van der Waals surface area contributed by atoms with Crippen LogP contribution in [0.3, 0.4) is 0 Å². The minimum Gasteiger partial charge on any atom is -0.469 e. The van der Waals surface area contributed by atoms with Gasteiger partial charge in [0.05, 0.1) is 25.5 Å². The standard InChI is InChI=1S/C14H15N3O5S/c1-8(15-13(20)10-4-3-5-22-10)12(19)17-14-16-9(7-23-14)6-11(18)21-2/h3-5,7-8H,6H2,1-2H3,(H,15,20)(H,16,17,19). The second kappa shape index (κ2) is 7.54. The Morgan fingerprint density at radius 1 is 1.43 bits per heavy atom. The Kier molecular flexibility index (Phi) is 5.47. The Balaban J connectivity index is 1.88. The highest BCUT2D eigenvalue weighted by atomic mass is 32.1. The predicted molar refractivity (Wildman–Crippen MR) is 82.1 cm³/mol. The van der Waals surface area contributed by atoms with Gasteiger partial charge >= 0.3 is 5.97 Å². The Hall–Kier alpha value is -2.68. The summed E-state index contributed by atoms with van der Waals surface area (Å²) in [6.45, 7) is 1.54. The number of hydrogen-bond acceptors (Lipinski definition) is 7. The molecule has 1 unspecified atom stereocenters. The van der Waals surface area contributed by atoms with Crippen LogP contribution in [0.2, 0.25) is 0 Å². The summed E-state index contributed by atoms with van der Waals surface area (Å²) in [4.78, 5) is 39.1. The van der Waals surface area contributed by atoms with E-state index >= 15 is 0 Å². The number of furan rings is 1. The molecule has 2 rings (SSSR count). The molecule has 0 saturated carbocycles. The van der Waals surface area contributed by atoms with Crippen molar-refractivity contribution < 1.29 is 23.5 Å². The van der Waals surface area contributed by atoms with Gasteiger partial charge in [-0.05, 0) is 19.1 Å². The average molecular weight is 337 g/mol. The quantitative estimate of drug-likeness (QED) is 0.767. The van der Waals surface area contributed by atoms with E-state index < -0.39 is 23.8 Å². The van der Waals surface area contributed by atoms with E-state index in [1.54, 1.807) is 18.4 Å². The van der Waals surface area contributed by atoms with Crippen molar-refractivity contribution in [2.24, 2.45) is 0 Å². The first-order valence-corrected chi connectivity index (χ1v) is 7.54. The lowest BCUT2D eigenvalue weighted by atomic mass is 10.3. The average Bonchev–Trinajstić information content (AvgIpc) is 3.18. The monoisotopic (exact) mass is 337 g/mol. The molecule has 2 aromatic rings. The zero-order valence-corrected chi connectivity index (χ0v) is 13.3. The largest absolute Gasteiger partial charge is 0.469 e. The van der Waals surface area contributed by atoms with Gasteiger partial charge in [0.25, 0.3) is 5.91 Å². The molecular formula is C14H15N3O5S. The zero-order valence-electron chi connectivity index (χ0n) is 12.5. The highest BCUT2D eigenvalue weighted by Gasteiger charge is 2.19. The maximum Gasteiger partial charge on any atom is 0.311 e. The maximum absolute atomic E-state index is 12.0. The maximum atomic E-state index is 12.0. The third kappa shape index (κ3) is 4.65. The van der Waals surface area contributed by atoms with Crippen molar-refractivity contribution in [1.82, 2.24) is 10.3 Å². The molecule has 2 heterocycles. The number of anilines is 1. The van der Waals surface area contributed by atoms with Crippen LogP contribution in [0.15, 0.2) is 28.2 Å². The van der Waals surface area contributed by atoms with Gasteiger partial charge in [-0.25, -0.2) is 4.98 Å². The summed E-state index contributed by atoms with van der Waals surface area (Å²) in [5.74, 6) is -1.20. The number of thiazole rings is 1. The Bertz CT molecular complexity index is 695. The zero-order chi connectivity index (χ0) is 16.8. The van der Waals surface area contributed by atoms with Crippen LogP contribution in [0, 0.1) is 0 Å². The van der Waals surface area contributed by atoms with Gasteiger partial charge in [0, 0.05) is 5.38 Å². The summed E-state index contributed by atoms with van der Waals surface area (Å²) in [7, 11) is 1.29. The molecule has 1 atom stereocenters. The van der Waals surface area contributed by atoms with Gasteiger partial charge in [0.1, 0.15) is 6.04 Å². The molecule has 0 bridgehead atoms. The molecule has 0 aliphatic rings. The molecule has 9 heteroatoms. The second-order valence-corrected chi connectivity index (χ2v) is 5.42. The molecule has 0 aromatic carbocycles. The number of rotatable bonds is 6. The van der Waals surface area contributed by atoms with Gasteiger partial charge < -0.3 is 19.8 Å². The van der Waals surface area contributed by atoms with Crippen molar-refractivity contribution in [3.8, 4) is 0 Å². The fourth-order valence-electron chi connectivity index (χ4n) is 1.62. The first-order chi connectivity index (χ1) is 11.0. The molecule has 23 heavy (non-hydrogen) atoms. The molecule has 0 radical (unpaired) electrons. The first-order valence-electron chi connectivity index (χ1n) is 6.66. The number of amides is 2. The molecule has 0 spiro atoms. The Labute approximate surface area is 135 Å². The fourth-order valence-corrected chi connectivity index (χ4v) is 2.33. The summed E-state index contributed by atoms with van der Waals surface area (Å²) in [5.41, 5.74) is 0.504.